The second kappa shape index (κ2) is 4.25. The van der Waals surface area contributed by atoms with Crippen molar-refractivity contribution >= 4 is 10.8 Å². The number of fused-ring (bicyclic) bond motifs is 1. The molecule has 0 bridgehead atoms. The van der Waals surface area contributed by atoms with E-state index in [1.54, 1.807) is 0 Å². The van der Waals surface area contributed by atoms with Gasteiger partial charge >= 0.3 is 0 Å². The standard InChI is InChI=1S/C13H14.H3N/c1-3-11-5-4-6-12-8-7-10(2)9-13(11)12;/h4-9H,3H2,1-2H3;1H3. The zero-order chi connectivity index (χ0) is 9.26. The van der Waals surface area contributed by atoms with E-state index in [2.05, 4.69) is 50.2 Å². The van der Waals surface area contributed by atoms with Gasteiger partial charge in [-0.2, -0.15) is 0 Å². The minimum Gasteiger partial charge on any atom is -0.344 e. The van der Waals surface area contributed by atoms with Crippen LogP contribution in [0.25, 0.3) is 10.8 Å². The molecule has 2 aromatic carbocycles. The maximum atomic E-state index is 2.27. The third-order valence-electron chi connectivity index (χ3n) is 2.51. The Morgan fingerprint density at radius 1 is 1.07 bits per heavy atom. The van der Waals surface area contributed by atoms with Crippen molar-refractivity contribution in [3.63, 3.8) is 0 Å². The van der Waals surface area contributed by atoms with Gasteiger partial charge in [0.2, 0.25) is 0 Å². The minimum absolute atomic E-state index is 0. The molecule has 74 valence electrons. The average molecular weight is 187 g/mol. The van der Waals surface area contributed by atoms with E-state index >= 15 is 0 Å². The molecule has 0 radical (unpaired) electrons. The summed E-state index contributed by atoms with van der Waals surface area (Å²) in [6.45, 7) is 4.35. The van der Waals surface area contributed by atoms with Crippen LogP contribution in [-0.2, 0) is 6.42 Å². The van der Waals surface area contributed by atoms with Crippen LogP contribution in [0.1, 0.15) is 18.1 Å². The quantitative estimate of drug-likeness (QED) is 0.722. The lowest BCUT2D eigenvalue weighted by molar-refractivity contribution is 1.16. The Labute approximate surface area is 85.3 Å². The van der Waals surface area contributed by atoms with Gasteiger partial charge < -0.3 is 6.15 Å². The van der Waals surface area contributed by atoms with Crippen molar-refractivity contribution in [3.05, 3.63) is 47.5 Å². The molecule has 0 saturated heterocycles. The van der Waals surface area contributed by atoms with Gasteiger partial charge in [-0.05, 0) is 29.7 Å². The molecular formula is C13H17N. The van der Waals surface area contributed by atoms with Crippen molar-refractivity contribution in [1.29, 1.82) is 0 Å². The van der Waals surface area contributed by atoms with Crippen LogP contribution in [-0.4, -0.2) is 0 Å². The average Bonchev–Trinajstić information content (AvgIpc) is 2.17. The van der Waals surface area contributed by atoms with Crippen molar-refractivity contribution in [2.24, 2.45) is 0 Å². The van der Waals surface area contributed by atoms with Crippen LogP contribution in [0.2, 0.25) is 0 Å². The summed E-state index contributed by atoms with van der Waals surface area (Å²) in [5.74, 6) is 0. The van der Waals surface area contributed by atoms with Gasteiger partial charge in [-0.25, -0.2) is 0 Å². The first kappa shape index (κ1) is 10.7. The summed E-state index contributed by atoms with van der Waals surface area (Å²) in [5, 5.41) is 2.76. The molecule has 0 aliphatic carbocycles. The van der Waals surface area contributed by atoms with Crippen LogP contribution < -0.4 is 6.15 Å². The zero-order valence-electron chi connectivity index (χ0n) is 8.88. The Morgan fingerprint density at radius 2 is 1.86 bits per heavy atom. The maximum absolute atomic E-state index is 2.27. The summed E-state index contributed by atoms with van der Waals surface area (Å²) in [7, 11) is 0. The Kier molecular flexibility index (Phi) is 3.26. The van der Waals surface area contributed by atoms with E-state index in [0.717, 1.165) is 6.42 Å². The first-order chi connectivity index (χ1) is 6.31. The predicted octanol–water partition coefficient (Wildman–Crippen LogP) is 3.87. The van der Waals surface area contributed by atoms with Gasteiger partial charge in [0.15, 0.2) is 0 Å². The van der Waals surface area contributed by atoms with Gasteiger partial charge in [0, 0.05) is 0 Å². The van der Waals surface area contributed by atoms with Gasteiger partial charge in [0.1, 0.15) is 0 Å². The highest BCUT2D eigenvalue weighted by atomic mass is 14.0. The van der Waals surface area contributed by atoms with E-state index in [0.29, 0.717) is 0 Å². The smallest absolute Gasteiger partial charge is 0.0149 e. The first-order valence-corrected chi connectivity index (χ1v) is 4.79. The van der Waals surface area contributed by atoms with Crippen molar-refractivity contribution in [3.8, 4) is 0 Å². The molecule has 1 heteroatoms. The molecule has 0 amide bonds. The number of aryl methyl sites for hydroxylation is 2. The molecule has 0 fully saturated rings. The Bertz CT molecular complexity index is 432. The molecule has 0 atom stereocenters. The Hall–Kier alpha value is -1.34. The molecular weight excluding hydrogens is 170 g/mol. The molecule has 0 aliphatic heterocycles. The van der Waals surface area contributed by atoms with E-state index in [4.69, 9.17) is 0 Å². The summed E-state index contributed by atoms with van der Waals surface area (Å²) in [6.07, 6.45) is 1.11. The van der Waals surface area contributed by atoms with Gasteiger partial charge in [-0.1, -0.05) is 48.9 Å². The van der Waals surface area contributed by atoms with Crippen molar-refractivity contribution in [2.75, 3.05) is 0 Å². The molecule has 2 rings (SSSR count). The number of benzene rings is 2. The predicted molar refractivity (Wildman–Crippen MR) is 63.1 cm³/mol. The van der Waals surface area contributed by atoms with Crippen LogP contribution in [0.15, 0.2) is 36.4 Å². The fraction of sp³-hybridized carbons (Fsp3) is 0.231. The number of rotatable bonds is 1. The summed E-state index contributed by atoms with van der Waals surface area (Å²) < 4.78 is 0. The third-order valence-corrected chi connectivity index (χ3v) is 2.51. The zero-order valence-corrected chi connectivity index (χ0v) is 8.88. The van der Waals surface area contributed by atoms with Crippen molar-refractivity contribution in [1.82, 2.24) is 6.15 Å². The van der Waals surface area contributed by atoms with E-state index in [-0.39, 0.29) is 6.15 Å². The second-order valence-electron chi connectivity index (χ2n) is 3.50. The first-order valence-electron chi connectivity index (χ1n) is 4.79. The maximum Gasteiger partial charge on any atom is -0.0149 e. The third kappa shape index (κ3) is 1.78. The van der Waals surface area contributed by atoms with Crippen LogP contribution in [0.4, 0.5) is 0 Å². The fourth-order valence-corrected chi connectivity index (χ4v) is 1.76. The molecule has 0 aromatic heterocycles. The van der Waals surface area contributed by atoms with Crippen molar-refractivity contribution < 1.29 is 0 Å². The normalized spacial score (nSPS) is 9.86. The summed E-state index contributed by atoms with van der Waals surface area (Å²) >= 11 is 0. The molecule has 2 aromatic rings. The molecule has 1 nitrogen and oxygen atoms in total. The van der Waals surface area contributed by atoms with Gasteiger partial charge in [-0.15, -0.1) is 0 Å². The Balaban J connectivity index is 0.000000980. The Morgan fingerprint density at radius 3 is 2.57 bits per heavy atom. The topological polar surface area (TPSA) is 35.0 Å². The van der Waals surface area contributed by atoms with Gasteiger partial charge in [0.05, 0.1) is 0 Å². The van der Waals surface area contributed by atoms with Crippen molar-refractivity contribution in [2.45, 2.75) is 20.3 Å². The number of hydrogen-bond donors (Lipinski definition) is 1. The minimum atomic E-state index is 0. The van der Waals surface area contributed by atoms with E-state index in [1.807, 2.05) is 0 Å². The molecule has 0 aliphatic rings. The van der Waals surface area contributed by atoms with Crippen LogP contribution in [0.3, 0.4) is 0 Å². The second-order valence-corrected chi connectivity index (χ2v) is 3.50. The van der Waals surface area contributed by atoms with Crippen LogP contribution in [0, 0.1) is 6.92 Å². The molecule has 0 unspecified atom stereocenters. The molecule has 0 heterocycles. The lowest BCUT2D eigenvalue weighted by Gasteiger charge is -2.04. The highest BCUT2D eigenvalue weighted by Crippen LogP contribution is 2.20. The van der Waals surface area contributed by atoms with Gasteiger partial charge in [0.25, 0.3) is 0 Å². The van der Waals surface area contributed by atoms with E-state index < -0.39 is 0 Å². The SMILES string of the molecule is CCc1cccc2ccc(C)cc12.N. The van der Waals surface area contributed by atoms with Crippen LogP contribution in [0.5, 0.6) is 0 Å². The summed E-state index contributed by atoms with van der Waals surface area (Å²) in [5.41, 5.74) is 2.79. The largest absolute Gasteiger partial charge is 0.344 e. The van der Waals surface area contributed by atoms with Gasteiger partial charge in [-0.3, -0.25) is 0 Å². The summed E-state index contributed by atoms with van der Waals surface area (Å²) in [4.78, 5) is 0. The number of hydrogen-bond acceptors (Lipinski definition) is 1. The monoisotopic (exact) mass is 187 g/mol. The molecule has 14 heavy (non-hydrogen) atoms. The highest BCUT2D eigenvalue weighted by Gasteiger charge is 1.97. The van der Waals surface area contributed by atoms with Crippen LogP contribution >= 0.6 is 0 Å². The molecule has 0 spiro atoms. The highest BCUT2D eigenvalue weighted by molar-refractivity contribution is 5.86. The van der Waals surface area contributed by atoms with E-state index in [9.17, 15) is 0 Å². The summed E-state index contributed by atoms with van der Waals surface area (Å²) in [6, 6.07) is 13.2. The molecule has 3 N–H and O–H groups in total. The fourth-order valence-electron chi connectivity index (χ4n) is 1.76. The molecule has 0 saturated carbocycles. The van der Waals surface area contributed by atoms with E-state index in [1.165, 1.54) is 21.9 Å². The lowest BCUT2D eigenvalue weighted by Crippen LogP contribution is -1.83. The lowest BCUT2D eigenvalue weighted by atomic mass is 10.0.